The van der Waals surface area contributed by atoms with Crippen LogP contribution < -0.4 is 4.90 Å². The van der Waals surface area contributed by atoms with Gasteiger partial charge in [0.05, 0.1) is 11.6 Å². The molecule has 0 aromatic carbocycles. The summed E-state index contributed by atoms with van der Waals surface area (Å²) in [6.45, 7) is 8.35. The van der Waals surface area contributed by atoms with Crippen molar-refractivity contribution in [3.8, 4) is 0 Å². The Morgan fingerprint density at radius 2 is 2.19 bits per heavy atom. The summed E-state index contributed by atoms with van der Waals surface area (Å²) < 4.78 is 1.85. The Kier molecular flexibility index (Phi) is 4.40. The molecule has 8 heteroatoms. The lowest BCUT2D eigenvalue weighted by molar-refractivity contribution is 0.0737. The van der Waals surface area contributed by atoms with Crippen molar-refractivity contribution in [2.45, 2.75) is 45.8 Å². The van der Waals surface area contributed by atoms with Crippen molar-refractivity contribution in [1.29, 1.82) is 0 Å². The highest BCUT2D eigenvalue weighted by atomic mass is 32.1. The van der Waals surface area contributed by atoms with Crippen LogP contribution in [-0.4, -0.2) is 43.2 Å². The van der Waals surface area contributed by atoms with E-state index in [1.807, 2.05) is 10.9 Å². The molecule has 138 valence electrons. The third-order valence-electron chi connectivity index (χ3n) is 4.96. The van der Waals surface area contributed by atoms with Gasteiger partial charge in [-0.25, -0.2) is 9.97 Å². The van der Waals surface area contributed by atoms with Crippen LogP contribution in [0.5, 0.6) is 0 Å². The highest BCUT2D eigenvalue weighted by molar-refractivity contribution is 7.17. The fraction of sp³-hybridized carbons (Fsp3) is 0.556. The van der Waals surface area contributed by atoms with Crippen molar-refractivity contribution in [2.24, 2.45) is 5.92 Å². The summed E-state index contributed by atoms with van der Waals surface area (Å²) in [4.78, 5) is 12.4. The van der Waals surface area contributed by atoms with Crippen LogP contribution in [0.4, 0.5) is 5.82 Å². The number of aromatic nitrogens is 5. The molecular formula is C18H24N6OS. The number of hydrogen-bond donors (Lipinski definition) is 1. The van der Waals surface area contributed by atoms with Crippen LogP contribution in [-0.2, 0) is 12.1 Å². The molecule has 0 amide bonds. The molecule has 1 atom stereocenters. The monoisotopic (exact) mass is 372 g/mol. The second-order valence-electron chi connectivity index (χ2n) is 7.64. The summed E-state index contributed by atoms with van der Waals surface area (Å²) in [5, 5.41) is 21.7. The minimum absolute atomic E-state index is 0.476. The molecule has 26 heavy (non-hydrogen) atoms. The highest BCUT2D eigenvalue weighted by Gasteiger charge is 2.25. The maximum atomic E-state index is 10.1. The van der Waals surface area contributed by atoms with E-state index >= 15 is 0 Å². The number of piperidine rings is 1. The first-order valence-electron chi connectivity index (χ1n) is 8.98. The Bertz CT molecular complexity index is 912. The average Bonchev–Trinajstić information content (AvgIpc) is 3.22. The standard InChI is InChI=1S/C18H24N6OS/c1-12-10-26-17-15(12)16(19-11-20-17)23-6-4-5-13(7-23)8-24-9-14(21-22-24)18(2,3)25/h9-11,13,25H,4-8H2,1-3H3/t13-/m0/s1. The lowest BCUT2D eigenvalue weighted by Crippen LogP contribution is -2.37. The Hall–Kier alpha value is -2.06. The largest absolute Gasteiger partial charge is 0.384 e. The molecule has 4 rings (SSSR count). The zero-order chi connectivity index (χ0) is 18.3. The van der Waals surface area contributed by atoms with Gasteiger partial charge in [-0.15, -0.1) is 16.4 Å². The van der Waals surface area contributed by atoms with Crippen LogP contribution in [0.25, 0.3) is 10.2 Å². The van der Waals surface area contributed by atoms with E-state index in [9.17, 15) is 5.11 Å². The van der Waals surface area contributed by atoms with E-state index in [4.69, 9.17) is 0 Å². The molecule has 0 saturated carbocycles. The zero-order valence-corrected chi connectivity index (χ0v) is 16.2. The lowest BCUT2D eigenvalue weighted by Gasteiger charge is -2.33. The van der Waals surface area contributed by atoms with Gasteiger partial charge in [0.2, 0.25) is 0 Å². The summed E-state index contributed by atoms with van der Waals surface area (Å²) in [5.41, 5.74) is 0.894. The second-order valence-corrected chi connectivity index (χ2v) is 8.49. The second kappa shape index (κ2) is 6.59. The number of anilines is 1. The molecule has 0 radical (unpaired) electrons. The SMILES string of the molecule is Cc1csc2ncnc(N3CCC[C@H](Cn4cc(C(C)(C)O)nn4)C3)c12. The third kappa shape index (κ3) is 3.31. The van der Waals surface area contributed by atoms with Crippen LogP contribution in [0.3, 0.4) is 0 Å². The first kappa shape index (κ1) is 17.4. The van der Waals surface area contributed by atoms with E-state index in [1.165, 1.54) is 10.9 Å². The summed E-state index contributed by atoms with van der Waals surface area (Å²) in [7, 11) is 0. The van der Waals surface area contributed by atoms with Gasteiger partial charge in [-0.2, -0.15) is 0 Å². The van der Waals surface area contributed by atoms with Gasteiger partial charge < -0.3 is 10.0 Å². The van der Waals surface area contributed by atoms with Gasteiger partial charge in [0.25, 0.3) is 0 Å². The summed E-state index contributed by atoms with van der Waals surface area (Å²) in [6.07, 6.45) is 5.81. The number of hydrogen-bond acceptors (Lipinski definition) is 7. The molecule has 0 unspecified atom stereocenters. The fourth-order valence-corrected chi connectivity index (χ4v) is 4.46. The molecule has 0 spiro atoms. The van der Waals surface area contributed by atoms with E-state index in [2.05, 4.69) is 37.5 Å². The average molecular weight is 372 g/mol. The molecule has 3 aromatic heterocycles. The van der Waals surface area contributed by atoms with Crippen LogP contribution in [0.2, 0.25) is 0 Å². The van der Waals surface area contributed by atoms with Crippen LogP contribution in [0.15, 0.2) is 17.9 Å². The first-order chi connectivity index (χ1) is 12.4. The highest BCUT2D eigenvalue weighted by Crippen LogP contribution is 2.33. The van der Waals surface area contributed by atoms with E-state index in [0.29, 0.717) is 11.6 Å². The van der Waals surface area contributed by atoms with Crippen molar-refractivity contribution >= 4 is 27.4 Å². The van der Waals surface area contributed by atoms with Crippen molar-refractivity contribution in [2.75, 3.05) is 18.0 Å². The molecule has 1 aliphatic rings. The molecule has 1 aliphatic heterocycles. The van der Waals surface area contributed by atoms with Crippen LogP contribution in [0.1, 0.15) is 37.9 Å². The molecule has 7 nitrogen and oxygen atoms in total. The number of aliphatic hydroxyl groups is 1. The smallest absolute Gasteiger partial charge is 0.141 e. The predicted molar refractivity (Wildman–Crippen MR) is 102 cm³/mol. The Labute approximate surface area is 156 Å². The molecule has 1 N–H and O–H groups in total. The van der Waals surface area contributed by atoms with Crippen molar-refractivity contribution in [3.63, 3.8) is 0 Å². The summed E-state index contributed by atoms with van der Waals surface area (Å²) in [6, 6.07) is 0. The number of aryl methyl sites for hydroxylation is 1. The first-order valence-corrected chi connectivity index (χ1v) is 9.86. The number of rotatable bonds is 4. The number of fused-ring (bicyclic) bond motifs is 1. The van der Waals surface area contributed by atoms with Crippen molar-refractivity contribution in [3.05, 3.63) is 29.2 Å². The van der Waals surface area contributed by atoms with Crippen LogP contribution in [0, 0.1) is 12.8 Å². The maximum absolute atomic E-state index is 10.1. The Morgan fingerprint density at radius 1 is 1.35 bits per heavy atom. The molecular weight excluding hydrogens is 348 g/mol. The van der Waals surface area contributed by atoms with Gasteiger partial charge in [0, 0.05) is 19.6 Å². The number of thiophene rings is 1. The van der Waals surface area contributed by atoms with Gasteiger partial charge in [0.1, 0.15) is 28.3 Å². The maximum Gasteiger partial charge on any atom is 0.141 e. The Balaban J connectivity index is 1.52. The van der Waals surface area contributed by atoms with E-state index < -0.39 is 5.60 Å². The van der Waals surface area contributed by atoms with Gasteiger partial charge in [-0.05, 0) is 50.5 Å². The lowest BCUT2D eigenvalue weighted by atomic mass is 9.97. The zero-order valence-electron chi connectivity index (χ0n) is 15.4. The molecule has 0 aliphatic carbocycles. The summed E-state index contributed by atoms with van der Waals surface area (Å²) in [5.74, 6) is 1.53. The molecule has 4 heterocycles. The number of nitrogens with zero attached hydrogens (tertiary/aromatic N) is 6. The van der Waals surface area contributed by atoms with Gasteiger partial charge in [0.15, 0.2) is 0 Å². The van der Waals surface area contributed by atoms with E-state index in [1.54, 1.807) is 31.5 Å². The fourth-order valence-electron chi connectivity index (χ4n) is 3.58. The minimum Gasteiger partial charge on any atom is -0.384 e. The van der Waals surface area contributed by atoms with Gasteiger partial charge >= 0.3 is 0 Å². The minimum atomic E-state index is -0.958. The molecule has 0 bridgehead atoms. The van der Waals surface area contributed by atoms with Crippen LogP contribution >= 0.6 is 11.3 Å². The summed E-state index contributed by atoms with van der Waals surface area (Å²) >= 11 is 1.68. The van der Waals surface area contributed by atoms with Gasteiger partial charge in [-0.3, -0.25) is 4.68 Å². The van der Waals surface area contributed by atoms with Crippen molar-refractivity contribution < 1.29 is 5.11 Å². The van der Waals surface area contributed by atoms with Gasteiger partial charge in [-0.1, -0.05) is 5.21 Å². The van der Waals surface area contributed by atoms with E-state index in [0.717, 1.165) is 43.1 Å². The van der Waals surface area contributed by atoms with E-state index in [-0.39, 0.29) is 0 Å². The molecule has 1 saturated heterocycles. The normalized spacial score (nSPS) is 18.6. The quantitative estimate of drug-likeness (QED) is 0.758. The van der Waals surface area contributed by atoms with Crippen molar-refractivity contribution in [1.82, 2.24) is 25.0 Å². The topological polar surface area (TPSA) is 80.0 Å². The predicted octanol–water partition coefficient (Wildman–Crippen LogP) is 2.74. The Morgan fingerprint density at radius 3 is 2.96 bits per heavy atom. The molecule has 3 aromatic rings. The molecule has 1 fully saturated rings. The third-order valence-corrected chi connectivity index (χ3v) is 5.97.